The molecule has 2 heteroatoms. The lowest BCUT2D eigenvalue weighted by atomic mass is 9.75. The molecule has 0 fully saturated rings. The van der Waals surface area contributed by atoms with Gasteiger partial charge in [-0.2, -0.15) is 10.5 Å². The smallest absolute Gasteiger partial charge is 0.0791 e. The molecule has 0 aromatic carbocycles. The number of nitriles is 2. The molecule has 0 heterocycles. The minimum absolute atomic E-state index is 0.480. The zero-order valence-corrected chi connectivity index (χ0v) is 14.0. The van der Waals surface area contributed by atoms with E-state index in [9.17, 15) is 10.5 Å². The second-order valence-electron chi connectivity index (χ2n) is 6.21. The largest absolute Gasteiger partial charge is 0.197 e. The van der Waals surface area contributed by atoms with E-state index in [1.807, 2.05) is 27.7 Å². The zero-order chi connectivity index (χ0) is 16.1. The summed E-state index contributed by atoms with van der Waals surface area (Å²) >= 11 is 0. The molecule has 21 heavy (non-hydrogen) atoms. The highest BCUT2D eigenvalue weighted by atomic mass is 14.4. The van der Waals surface area contributed by atoms with Crippen molar-refractivity contribution in [3.63, 3.8) is 0 Å². The standard InChI is InChI=1S/C19H26N2/c1-6-15-9-10-16(18(4,7-2)13-20)12-17(11-15)19(5,8-3)14-21/h10-12H,6-9H2,1-5H3. The number of allylic oxidation sites excluding steroid dienone is 6. The normalized spacial score (nSPS) is 20.6. The summed E-state index contributed by atoms with van der Waals surface area (Å²) < 4.78 is 0. The van der Waals surface area contributed by atoms with Crippen molar-refractivity contribution in [1.29, 1.82) is 10.5 Å². The maximum absolute atomic E-state index is 9.59. The van der Waals surface area contributed by atoms with Crippen molar-refractivity contribution in [2.45, 2.75) is 60.3 Å². The van der Waals surface area contributed by atoms with Gasteiger partial charge < -0.3 is 0 Å². The third-order valence-electron chi connectivity index (χ3n) is 4.89. The molecule has 0 saturated heterocycles. The minimum Gasteiger partial charge on any atom is -0.197 e. The first-order chi connectivity index (χ1) is 9.88. The van der Waals surface area contributed by atoms with Gasteiger partial charge in [0, 0.05) is 0 Å². The van der Waals surface area contributed by atoms with Gasteiger partial charge in [0.15, 0.2) is 0 Å². The van der Waals surface area contributed by atoms with Gasteiger partial charge in [-0.1, -0.05) is 44.6 Å². The molecular formula is C19H26N2. The molecule has 2 nitrogen and oxygen atoms in total. The predicted molar refractivity (Wildman–Crippen MR) is 87.2 cm³/mol. The highest BCUT2D eigenvalue weighted by Gasteiger charge is 2.31. The summed E-state index contributed by atoms with van der Waals surface area (Å²) in [6.45, 7) is 10.2. The van der Waals surface area contributed by atoms with E-state index in [-0.39, 0.29) is 0 Å². The second kappa shape index (κ2) is 6.77. The molecule has 0 amide bonds. The van der Waals surface area contributed by atoms with Gasteiger partial charge in [-0.25, -0.2) is 0 Å². The van der Waals surface area contributed by atoms with Crippen LogP contribution in [0.25, 0.3) is 0 Å². The van der Waals surface area contributed by atoms with Gasteiger partial charge in [-0.15, -0.1) is 0 Å². The topological polar surface area (TPSA) is 47.6 Å². The molecule has 1 rings (SSSR count). The van der Waals surface area contributed by atoms with Crippen molar-refractivity contribution < 1.29 is 0 Å². The van der Waals surface area contributed by atoms with Crippen molar-refractivity contribution in [2.24, 2.45) is 10.8 Å². The quantitative estimate of drug-likeness (QED) is 0.672. The fourth-order valence-electron chi connectivity index (χ4n) is 2.43. The van der Waals surface area contributed by atoms with Crippen molar-refractivity contribution in [2.75, 3.05) is 0 Å². The second-order valence-corrected chi connectivity index (χ2v) is 6.21. The molecule has 0 bridgehead atoms. The average molecular weight is 282 g/mol. The van der Waals surface area contributed by atoms with Crippen LogP contribution >= 0.6 is 0 Å². The van der Waals surface area contributed by atoms with Gasteiger partial charge in [0.25, 0.3) is 0 Å². The Morgan fingerprint density at radius 1 is 0.952 bits per heavy atom. The van der Waals surface area contributed by atoms with Gasteiger partial charge in [0.05, 0.1) is 23.0 Å². The summed E-state index contributed by atoms with van der Waals surface area (Å²) in [5.74, 6) is 0. The third-order valence-corrected chi connectivity index (χ3v) is 4.89. The third kappa shape index (κ3) is 3.45. The van der Waals surface area contributed by atoms with E-state index >= 15 is 0 Å². The number of hydrogen-bond donors (Lipinski definition) is 0. The number of rotatable bonds is 5. The molecular weight excluding hydrogens is 256 g/mol. The van der Waals surface area contributed by atoms with E-state index in [1.165, 1.54) is 5.57 Å². The summed E-state index contributed by atoms with van der Waals surface area (Å²) in [5, 5.41) is 19.1. The Morgan fingerprint density at radius 2 is 1.48 bits per heavy atom. The van der Waals surface area contributed by atoms with Crippen LogP contribution in [0.15, 0.2) is 34.9 Å². The maximum Gasteiger partial charge on any atom is 0.0791 e. The Labute approximate surface area is 129 Å². The van der Waals surface area contributed by atoms with Crippen LogP contribution in [-0.2, 0) is 0 Å². The first kappa shape index (κ1) is 17.3. The fraction of sp³-hybridized carbons (Fsp3) is 0.579. The summed E-state index contributed by atoms with van der Waals surface area (Å²) in [4.78, 5) is 0. The molecule has 1 aliphatic carbocycles. The molecule has 2 unspecified atom stereocenters. The highest BCUT2D eigenvalue weighted by molar-refractivity contribution is 5.46. The molecule has 0 aromatic rings. The number of hydrogen-bond acceptors (Lipinski definition) is 2. The maximum atomic E-state index is 9.59. The average Bonchev–Trinajstić information content (AvgIpc) is 2.76. The monoisotopic (exact) mass is 282 g/mol. The lowest BCUT2D eigenvalue weighted by molar-refractivity contribution is 0.504. The molecule has 0 spiro atoms. The van der Waals surface area contributed by atoms with Crippen LogP contribution < -0.4 is 0 Å². The SMILES string of the molecule is CCC1=CC(C(C)(C#N)CC)=CC(C(C)(C#N)CC)=CC1. The molecule has 0 aromatic heterocycles. The van der Waals surface area contributed by atoms with Gasteiger partial charge in [0.1, 0.15) is 0 Å². The van der Waals surface area contributed by atoms with Crippen molar-refractivity contribution in [1.82, 2.24) is 0 Å². The molecule has 112 valence electrons. The van der Waals surface area contributed by atoms with Crippen LogP contribution in [-0.4, -0.2) is 0 Å². The Balaban J connectivity index is 3.44. The first-order valence-corrected chi connectivity index (χ1v) is 7.83. The van der Waals surface area contributed by atoms with Gasteiger partial charge in [-0.3, -0.25) is 0 Å². The molecule has 0 saturated carbocycles. The van der Waals surface area contributed by atoms with Crippen LogP contribution in [0.1, 0.15) is 60.3 Å². The molecule has 1 aliphatic rings. The van der Waals surface area contributed by atoms with E-state index in [2.05, 4.69) is 37.3 Å². The van der Waals surface area contributed by atoms with Gasteiger partial charge >= 0.3 is 0 Å². The van der Waals surface area contributed by atoms with Gasteiger partial charge in [-0.05, 0) is 50.7 Å². The lowest BCUT2D eigenvalue weighted by Crippen LogP contribution is -2.18. The van der Waals surface area contributed by atoms with E-state index < -0.39 is 10.8 Å². The van der Waals surface area contributed by atoms with Crippen LogP contribution in [0.3, 0.4) is 0 Å². The summed E-state index contributed by atoms with van der Waals surface area (Å²) in [5.41, 5.74) is 2.45. The molecule has 0 aliphatic heterocycles. The van der Waals surface area contributed by atoms with Crippen LogP contribution in [0.2, 0.25) is 0 Å². The Bertz CT molecular complexity index is 565. The van der Waals surface area contributed by atoms with Gasteiger partial charge in [0.2, 0.25) is 0 Å². The van der Waals surface area contributed by atoms with E-state index in [1.54, 1.807) is 0 Å². The lowest BCUT2D eigenvalue weighted by Gasteiger charge is -2.25. The van der Waals surface area contributed by atoms with E-state index in [4.69, 9.17) is 0 Å². The summed E-state index contributed by atoms with van der Waals surface area (Å²) in [6.07, 6.45) is 9.81. The van der Waals surface area contributed by atoms with Crippen LogP contribution in [0, 0.1) is 33.5 Å². The van der Waals surface area contributed by atoms with Crippen LogP contribution in [0.4, 0.5) is 0 Å². The molecule has 0 radical (unpaired) electrons. The molecule has 2 atom stereocenters. The fourth-order valence-corrected chi connectivity index (χ4v) is 2.43. The Kier molecular flexibility index (Phi) is 5.56. The summed E-state index contributed by atoms with van der Waals surface area (Å²) in [6, 6.07) is 4.90. The first-order valence-electron chi connectivity index (χ1n) is 7.83. The highest BCUT2D eigenvalue weighted by Crippen LogP contribution is 2.40. The Hall–Kier alpha value is -1.80. The Morgan fingerprint density at radius 3 is 1.90 bits per heavy atom. The van der Waals surface area contributed by atoms with Crippen molar-refractivity contribution in [3.05, 3.63) is 34.9 Å². The van der Waals surface area contributed by atoms with Crippen molar-refractivity contribution >= 4 is 0 Å². The molecule has 0 N–H and O–H groups in total. The van der Waals surface area contributed by atoms with E-state index in [0.717, 1.165) is 36.8 Å². The van der Waals surface area contributed by atoms with Crippen molar-refractivity contribution in [3.8, 4) is 12.1 Å². The minimum atomic E-state index is -0.492. The van der Waals surface area contributed by atoms with Crippen LogP contribution in [0.5, 0.6) is 0 Å². The predicted octanol–water partition coefficient (Wildman–Crippen LogP) is 5.46. The number of nitrogens with zero attached hydrogens (tertiary/aromatic N) is 2. The summed E-state index contributed by atoms with van der Waals surface area (Å²) in [7, 11) is 0. The zero-order valence-electron chi connectivity index (χ0n) is 14.0. The van der Waals surface area contributed by atoms with E-state index in [0.29, 0.717) is 0 Å².